The Morgan fingerprint density at radius 1 is 1.19 bits per heavy atom. The number of amides is 1. The molecule has 2 N–H and O–H groups in total. The quantitative estimate of drug-likeness (QED) is 0.802. The lowest BCUT2D eigenvalue weighted by atomic mass is 9.92. The largest absolute Gasteiger partial charge is 0.342 e. The van der Waals surface area contributed by atoms with Gasteiger partial charge in [-0.15, -0.1) is 0 Å². The number of rotatable bonds is 5. The average Bonchev–Trinajstić information content (AvgIpc) is 3.18. The molecule has 2 aliphatic heterocycles. The van der Waals surface area contributed by atoms with E-state index in [1.807, 2.05) is 11.0 Å². The molecular weight excluding hydrogens is 336 g/mol. The molecule has 0 unspecified atom stereocenters. The number of carbonyl (C=O) groups excluding carboxylic acids is 1. The van der Waals surface area contributed by atoms with Crippen molar-refractivity contribution >= 4 is 5.91 Å². The van der Waals surface area contributed by atoms with Crippen LogP contribution in [0.4, 0.5) is 0 Å². The third-order valence-electron chi connectivity index (χ3n) is 5.69. The Hall–Kier alpha value is -2.40. The van der Waals surface area contributed by atoms with Crippen molar-refractivity contribution in [1.29, 1.82) is 0 Å². The third kappa shape index (κ3) is 4.66. The number of hydrogen-bond acceptors (Lipinski definition) is 3. The first-order valence-corrected chi connectivity index (χ1v) is 10.0. The van der Waals surface area contributed by atoms with E-state index in [1.165, 1.54) is 11.1 Å². The number of aromatic amines is 1. The van der Waals surface area contributed by atoms with Gasteiger partial charge >= 0.3 is 0 Å². The van der Waals surface area contributed by atoms with Crippen molar-refractivity contribution in [3.05, 3.63) is 65.0 Å². The van der Waals surface area contributed by atoms with Crippen LogP contribution in [-0.4, -0.2) is 47.2 Å². The van der Waals surface area contributed by atoms with Gasteiger partial charge < -0.3 is 10.2 Å². The van der Waals surface area contributed by atoms with Crippen LogP contribution in [0.1, 0.15) is 48.6 Å². The molecule has 0 atom stereocenters. The summed E-state index contributed by atoms with van der Waals surface area (Å²) in [5.41, 5.74) is 4.89. The van der Waals surface area contributed by atoms with Crippen LogP contribution in [0.2, 0.25) is 0 Å². The molecule has 1 aromatic carbocycles. The Kier molecular flexibility index (Phi) is 5.68. The molecule has 4 rings (SSSR count). The average molecular weight is 364 g/mol. The van der Waals surface area contributed by atoms with E-state index in [1.54, 1.807) is 0 Å². The molecule has 1 saturated heterocycles. The van der Waals surface area contributed by atoms with Gasteiger partial charge in [-0.3, -0.25) is 9.89 Å². The third-order valence-corrected chi connectivity index (χ3v) is 5.69. The lowest BCUT2D eigenvalue weighted by Crippen LogP contribution is -2.38. The first-order valence-electron chi connectivity index (χ1n) is 10.0. The predicted octanol–water partition coefficient (Wildman–Crippen LogP) is 3.02. The number of nitrogens with one attached hydrogen (secondary N) is 2. The molecule has 1 amide bonds. The van der Waals surface area contributed by atoms with Crippen LogP contribution in [0.15, 0.2) is 48.0 Å². The highest BCUT2D eigenvalue weighted by molar-refractivity contribution is 5.78. The van der Waals surface area contributed by atoms with E-state index in [4.69, 9.17) is 0 Å². The second-order valence-electron chi connectivity index (χ2n) is 7.63. The van der Waals surface area contributed by atoms with Crippen molar-refractivity contribution in [3.8, 4) is 0 Å². The van der Waals surface area contributed by atoms with Gasteiger partial charge in [-0.1, -0.05) is 42.0 Å². The summed E-state index contributed by atoms with van der Waals surface area (Å²) in [6, 6.07) is 12.7. The highest BCUT2D eigenvalue weighted by atomic mass is 16.2. The topological polar surface area (TPSA) is 61.0 Å². The van der Waals surface area contributed by atoms with Gasteiger partial charge in [-0.25, -0.2) is 0 Å². The first-order chi connectivity index (χ1) is 13.3. The maximum absolute atomic E-state index is 12.6. The monoisotopic (exact) mass is 364 g/mol. The number of benzene rings is 1. The molecule has 0 aliphatic carbocycles. The van der Waals surface area contributed by atoms with Crippen LogP contribution in [0, 0.1) is 0 Å². The zero-order valence-electron chi connectivity index (χ0n) is 15.8. The van der Waals surface area contributed by atoms with Crippen LogP contribution in [-0.2, 0) is 11.2 Å². The Morgan fingerprint density at radius 3 is 2.74 bits per heavy atom. The molecule has 27 heavy (non-hydrogen) atoms. The number of hydrogen-bond donors (Lipinski definition) is 2. The van der Waals surface area contributed by atoms with Gasteiger partial charge in [0.15, 0.2) is 0 Å². The lowest BCUT2D eigenvalue weighted by Gasteiger charge is -2.31. The van der Waals surface area contributed by atoms with Gasteiger partial charge in [0.2, 0.25) is 5.91 Å². The fourth-order valence-electron chi connectivity index (χ4n) is 4.06. The molecule has 5 heteroatoms. The highest BCUT2D eigenvalue weighted by Gasteiger charge is 2.25. The molecule has 0 bridgehead atoms. The minimum atomic E-state index is 0.286. The molecule has 5 nitrogen and oxygen atoms in total. The molecule has 0 spiro atoms. The van der Waals surface area contributed by atoms with Gasteiger partial charge in [0.1, 0.15) is 0 Å². The van der Waals surface area contributed by atoms with Gasteiger partial charge in [-0.05, 0) is 37.4 Å². The van der Waals surface area contributed by atoms with Crippen molar-refractivity contribution in [2.45, 2.75) is 38.0 Å². The van der Waals surface area contributed by atoms with Crippen molar-refractivity contribution < 1.29 is 4.79 Å². The van der Waals surface area contributed by atoms with Crippen molar-refractivity contribution in [2.75, 3.05) is 26.2 Å². The van der Waals surface area contributed by atoms with Crippen LogP contribution in [0.5, 0.6) is 0 Å². The maximum atomic E-state index is 12.6. The van der Waals surface area contributed by atoms with E-state index in [0.717, 1.165) is 63.3 Å². The van der Waals surface area contributed by atoms with Crippen molar-refractivity contribution in [2.24, 2.45) is 0 Å². The summed E-state index contributed by atoms with van der Waals surface area (Å²) >= 11 is 0. The molecule has 1 fully saturated rings. The first kappa shape index (κ1) is 18.0. The Balaban J connectivity index is 1.29. The van der Waals surface area contributed by atoms with Gasteiger partial charge in [0.05, 0.1) is 5.69 Å². The molecule has 3 heterocycles. The summed E-state index contributed by atoms with van der Waals surface area (Å²) < 4.78 is 0. The standard InChI is InChI=1S/C22H28N4O/c27-22(15-18-6-10-23-11-7-18)26-12-8-19(9-13-26)21-16-20(24-25-21)14-17-4-2-1-3-5-17/h1-6,16,19,23H,7-15H2,(H,24,25). The summed E-state index contributed by atoms with van der Waals surface area (Å²) in [7, 11) is 0. The molecular formula is C22H28N4O. The van der Waals surface area contributed by atoms with E-state index < -0.39 is 0 Å². The molecule has 0 saturated carbocycles. The lowest BCUT2D eigenvalue weighted by molar-refractivity contribution is -0.131. The Morgan fingerprint density at radius 2 is 2.00 bits per heavy atom. The van der Waals surface area contributed by atoms with Crippen molar-refractivity contribution in [1.82, 2.24) is 20.4 Å². The second kappa shape index (κ2) is 8.53. The number of nitrogens with zero attached hydrogens (tertiary/aromatic N) is 2. The Labute approximate surface area is 160 Å². The molecule has 142 valence electrons. The van der Waals surface area contributed by atoms with Crippen LogP contribution < -0.4 is 5.32 Å². The number of carbonyl (C=O) groups is 1. The SMILES string of the molecule is O=C(CC1=CCNCC1)N1CCC(c2cc(Cc3ccccc3)[nH]n2)CC1. The zero-order valence-corrected chi connectivity index (χ0v) is 15.8. The van der Waals surface area contributed by atoms with Crippen molar-refractivity contribution in [3.63, 3.8) is 0 Å². The Bertz CT molecular complexity index is 788. The highest BCUT2D eigenvalue weighted by Crippen LogP contribution is 2.28. The summed E-state index contributed by atoms with van der Waals surface area (Å²) in [6.45, 7) is 3.58. The maximum Gasteiger partial charge on any atom is 0.226 e. The molecule has 2 aromatic rings. The van der Waals surface area contributed by atoms with E-state index >= 15 is 0 Å². The van der Waals surface area contributed by atoms with Crippen LogP contribution >= 0.6 is 0 Å². The van der Waals surface area contributed by atoms with E-state index in [9.17, 15) is 4.79 Å². The summed E-state index contributed by atoms with van der Waals surface area (Å²) in [5, 5.41) is 11.0. The van der Waals surface area contributed by atoms with E-state index in [0.29, 0.717) is 12.3 Å². The zero-order chi connectivity index (χ0) is 18.5. The molecule has 1 aromatic heterocycles. The summed E-state index contributed by atoms with van der Waals surface area (Å²) in [6.07, 6.45) is 6.65. The number of likely N-dealkylation sites (tertiary alicyclic amines) is 1. The second-order valence-corrected chi connectivity index (χ2v) is 7.63. The normalized spacial score (nSPS) is 18.4. The van der Waals surface area contributed by atoms with Gasteiger partial charge in [0, 0.05) is 44.1 Å². The van der Waals surface area contributed by atoms with Crippen LogP contribution in [0.25, 0.3) is 0 Å². The van der Waals surface area contributed by atoms with Gasteiger partial charge in [-0.2, -0.15) is 5.10 Å². The predicted molar refractivity (Wildman–Crippen MR) is 107 cm³/mol. The fraction of sp³-hybridized carbons (Fsp3) is 0.455. The minimum Gasteiger partial charge on any atom is -0.342 e. The fourth-order valence-corrected chi connectivity index (χ4v) is 4.06. The smallest absolute Gasteiger partial charge is 0.226 e. The van der Waals surface area contributed by atoms with E-state index in [-0.39, 0.29) is 5.91 Å². The molecule has 2 aliphatic rings. The van der Waals surface area contributed by atoms with E-state index in [2.05, 4.69) is 51.9 Å². The van der Waals surface area contributed by atoms with Crippen LogP contribution in [0.3, 0.4) is 0 Å². The minimum absolute atomic E-state index is 0.286. The number of H-pyrrole nitrogens is 1. The molecule has 0 radical (unpaired) electrons. The summed E-state index contributed by atoms with van der Waals surface area (Å²) in [5.74, 6) is 0.737. The summed E-state index contributed by atoms with van der Waals surface area (Å²) in [4.78, 5) is 14.6. The van der Waals surface area contributed by atoms with Gasteiger partial charge in [0.25, 0.3) is 0 Å². The number of piperidine rings is 1. The number of aromatic nitrogens is 2.